The normalized spacial score (nSPS) is 20.3. The second-order valence-corrected chi connectivity index (χ2v) is 9.17. The first-order valence-corrected chi connectivity index (χ1v) is 11.7. The van der Waals surface area contributed by atoms with Crippen LogP contribution >= 0.6 is 23.2 Å². The third-order valence-corrected chi connectivity index (χ3v) is 6.95. The molecule has 5 heteroatoms. The van der Waals surface area contributed by atoms with Crippen LogP contribution in [0.5, 0.6) is 5.75 Å². The molecule has 2 aliphatic heterocycles. The number of hydrogen-bond donors (Lipinski definition) is 0. The van der Waals surface area contributed by atoms with Crippen molar-refractivity contribution in [1.82, 2.24) is 0 Å². The summed E-state index contributed by atoms with van der Waals surface area (Å²) in [5.41, 5.74) is 4.20. The van der Waals surface area contributed by atoms with Gasteiger partial charge in [-0.05, 0) is 36.2 Å². The van der Waals surface area contributed by atoms with E-state index in [0.29, 0.717) is 15.8 Å². The number of nitrogens with zero attached hydrogens (tertiary/aromatic N) is 1. The molecule has 0 radical (unpaired) electrons. The summed E-state index contributed by atoms with van der Waals surface area (Å²) >= 11 is 13.0. The van der Waals surface area contributed by atoms with Crippen LogP contribution in [-0.2, 0) is 10.3 Å². The highest BCUT2D eigenvalue weighted by atomic mass is 35.5. The van der Waals surface area contributed by atoms with E-state index in [4.69, 9.17) is 32.7 Å². The molecule has 164 valence electrons. The fourth-order valence-corrected chi connectivity index (χ4v) is 5.64. The molecular formula is C28H21Cl2NO2. The van der Waals surface area contributed by atoms with Gasteiger partial charge < -0.3 is 14.4 Å². The lowest BCUT2D eigenvalue weighted by Gasteiger charge is -2.53. The monoisotopic (exact) mass is 473 g/mol. The maximum Gasteiger partial charge on any atom is 0.171 e. The Labute approximate surface area is 203 Å². The lowest BCUT2D eigenvalue weighted by Crippen LogP contribution is -2.53. The molecule has 0 bridgehead atoms. The number of hydrogen-bond acceptors (Lipinski definition) is 3. The van der Waals surface area contributed by atoms with Crippen LogP contribution in [0, 0.1) is 0 Å². The summed E-state index contributed by atoms with van der Waals surface area (Å²) in [6.07, 6.45) is -0.734. The summed E-state index contributed by atoms with van der Waals surface area (Å²) < 4.78 is 13.5. The zero-order chi connectivity index (χ0) is 22.6. The van der Waals surface area contributed by atoms with Crippen molar-refractivity contribution in [2.24, 2.45) is 0 Å². The van der Waals surface area contributed by atoms with Crippen LogP contribution in [0.4, 0.5) is 5.69 Å². The van der Waals surface area contributed by atoms with Gasteiger partial charge in [0.1, 0.15) is 11.4 Å². The van der Waals surface area contributed by atoms with E-state index in [2.05, 4.69) is 53.4 Å². The summed E-state index contributed by atoms with van der Waals surface area (Å²) in [4.78, 5) is 2.16. The molecule has 33 heavy (non-hydrogen) atoms. The maximum absolute atomic E-state index is 7.21. The molecule has 0 amide bonds. The Bertz CT molecular complexity index is 1290. The third kappa shape index (κ3) is 3.07. The molecule has 0 N–H and O–H groups in total. The van der Waals surface area contributed by atoms with Crippen molar-refractivity contribution in [3.05, 3.63) is 129 Å². The molecule has 0 fully saturated rings. The van der Waals surface area contributed by atoms with E-state index >= 15 is 0 Å². The Balaban J connectivity index is 1.69. The number of halogens is 2. The standard InChI is InChI=1S/C28H21Cl2NO2/c1-18-31-25-15-9-8-14-23(25)28(19-10-4-2-5-11-19,20-12-6-3-7-13-20)33-27(31)22-16-21(29)17-24(30)26(22)32-18/h2-18,27H,1H3/t18-,27+/m1/s1. The molecule has 2 atom stereocenters. The van der Waals surface area contributed by atoms with Gasteiger partial charge >= 0.3 is 0 Å². The zero-order valence-corrected chi connectivity index (χ0v) is 19.4. The van der Waals surface area contributed by atoms with Crippen LogP contribution in [0.1, 0.15) is 35.4 Å². The van der Waals surface area contributed by atoms with Crippen LogP contribution in [-0.4, -0.2) is 6.23 Å². The van der Waals surface area contributed by atoms with E-state index in [1.54, 1.807) is 6.07 Å². The topological polar surface area (TPSA) is 21.7 Å². The first-order valence-electron chi connectivity index (χ1n) is 10.9. The average Bonchev–Trinajstić information content (AvgIpc) is 2.85. The van der Waals surface area contributed by atoms with Gasteiger partial charge in [-0.2, -0.15) is 0 Å². The van der Waals surface area contributed by atoms with E-state index in [0.717, 1.165) is 27.9 Å². The summed E-state index contributed by atoms with van der Waals surface area (Å²) in [5.74, 6) is 0.615. The van der Waals surface area contributed by atoms with Gasteiger partial charge in [0.15, 0.2) is 12.5 Å². The Morgan fingerprint density at radius 3 is 2.06 bits per heavy atom. The first-order chi connectivity index (χ1) is 16.1. The smallest absolute Gasteiger partial charge is 0.171 e. The number of rotatable bonds is 2. The first kappa shape index (κ1) is 20.6. The van der Waals surface area contributed by atoms with Gasteiger partial charge in [0, 0.05) is 21.8 Å². The van der Waals surface area contributed by atoms with Gasteiger partial charge in [0.25, 0.3) is 0 Å². The van der Waals surface area contributed by atoms with Crippen molar-refractivity contribution in [3.8, 4) is 5.75 Å². The molecule has 2 aliphatic rings. The number of para-hydroxylation sites is 1. The van der Waals surface area contributed by atoms with Gasteiger partial charge in [-0.1, -0.05) is 102 Å². The number of fused-ring (bicyclic) bond motifs is 5. The molecule has 3 nitrogen and oxygen atoms in total. The van der Waals surface area contributed by atoms with Crippen LogP contribution in [0.2, 0.25) is 10.0 Å². The van der Waals surface area contributed by atoms with Crippen LogP contribution < -0.4 is 9.64 Å². The SMILES string of the molecule is C[C@H]1Oc2c(Cl)cc(Cl)cc2[C@@H]2OC(c3ccccc3)(c3ccccc3)c3ccccc3N12. The third-order valence-electron chi connectivity index (χ3n) is 6.45. The van der Waals surface area contributed by atoms with E-state index in [9.17, 15) is 0 Å². The van der Waals surface area contributed by atoms with Crippen LogP contribution in [0.3, 0.4) is 0 Å². The van der Waals surface area contributed by atoms with E-state index in [1.807, 2.05) is 49.4 Å². The van der Waals surface area contributed by atoms with Gasteiger partial charge in [-0.25, -0.2) is 0 Å². The Morgan fingerprint density at radius 1 is 0.788 bits per heavy atom. The molecular weight excluding hydrogens is 453 g/mol. The Kier molecular flexibility index (Phi) is 4.88. The highest BCUT2D eigenvalue weighted by molar-refractivity contribution is 6.35. The Morgan fingerprint density at radius 2 is 1.39 bits per heavy atom. The fourth-order valence-electron chi connectivity index (χ4n) is 5.09. The number of ether oxygens (including phenoxy) is 2. The molecule has 6 rings (SSSR count). The second kappa shape index (κ2) is 7.81. The van der Waals surface area contributed by atoms with Crippen molar-refractivity contribution < 1.29 is 9.47 Å². The summed E-state index contributed by atoms with van der Waals surface area (Å²) in [5, 5.41) is 1.03. The van der Waals surface area contributed by atoms with Crippen molar-refractivity contribution in [3.63, 3.8) is 0 Å². The van der Waals surface area contributed by atoms with Crippen molar-refractivity contribution in [2.45, 2.75) is 25.0 Å². The lowest BCUT2D eigenvalue weighted by atomic mass is 9.77. The molecule has 0 aromatic heterocycles. The minimum Gasteiger partial charge on any atom is -0.469 e. The average molecular weight is 474 g/mol. The molecule has 0 saturated heterocycles. The second-order valence-electron chi connectivity index (χ2n) is 8.33. The predicted molar refractivity (Wildman–Crippen MR) is 132 cm³/mol. The van der Waals surface area contributed by atoms with Crippen molar-refractivity contribution in [2.75, 3.05) is 4.90 Å². The maximum atomic E-state index is 7.21. The van der Waals surface area contributed by atoms with Crippen LogP contribution in [0.15, 0.2) is 97.1 Å². The van der Waals surface area contributed by atoms with Gasteiger partial charge in [-0.3, -0.25) is 0 Å². The highest BCUT2D eigenvalue weighted by Crippen LogP contribution is 2.56. The van der Waals surface area contributed by atoms with Gasteiger partial charge in [0.2, 0.25) is 0 Å². The number of benzene rings is 4. The number of anilines is 1. The van der Waals surface area contributed by atoms with E-state index in [1.165, 1.54) is 0 Å². The minimum absolute atomic E-state index is 0.285. The van der Waals surface area contributed by atoms with Crippen molar-refractivity contribution >= 4 is 28.9 Å². The van der Waals surface area contributed by atoms with E-state index < -0.39 is 11.8 Å². The molecule has 2 heterocycles. The fraction of sp³-hybridized carbons (Fsp3) is 0.143. The lowest BCUT2D eigenvalue weighted by molar-refractivity contribution is -0.0829. The molecule has 0 aliphatic carbocycles. The largest absolute Gasteiger partial charge is 0.469 e. The zero-order valence-electron chi connectivity index (χ0n) is 17.9. The van der Waals surface area contributed by atoms with Crippen molar-refractivity contribution in [1.29, 1.82) is 0 Å². The molecule has 0 unspecified atom stereocenters. The molecule has 0 saturated carbocycles. The van der Waals surface area contributed by atoms with E-state index in [-0.39, 0.29) is 6.23 Å². The Hall–Kier alpha value is -2.98. The predicted octanol–water partition coefficient (Wildman–Crippen LogP) is 7.56. The van der Waals surface area contributed by atoms with Gasteiger partial charge in [-0.15, -0.1) is 0 Å². The summed E-state index contributed by atoms with van der Waals surface area (Å²) in [6.45, 7) is 2.01. The minimum atomic E-state index is -0.830. The summed E-state index contributed by atoms with van der Waals surface area (Å²) in [7, 11) is 0. The molecule has 0 spiro atoms. The quantitative estimate of drug-likeness (QED) is 0.299. The molecule has 4 aromatic rings. The summed E-state index contributed by atoms with van der Waals surface area (Å²) in [6, 6.07) is 32.7. The van der Waals surface area contributed by atoms with Gasteiger partial charge in [0.05, 0.1) is 5.02 Å². The highest BCUT2D eigenvalue weighted by Gasteiger charge is 2.51. The molecule has 4 aromatic carbocycles. The van der Waals surface area contributed by atoms with Crippen LogP contribution in [0.25, 0.3) is 0 Å².